The third kappa shape index (κ3) is 2.83. The molecule has 2 nitrogen and oxygen atoms in total. The second-order valence-corrected chi connectivity index (χ2v) is 11.3. The Balaban J connectivity index is 1.14. The number of rotatable bonds is 2. The number of fused-ring (bicyclic) bond motifs is 10. The van der Waals surface area contributed by atoms with Gasteiger partial charge < -0.3 is 8.98 Å². The maximum atomic E-state index is 6.25. The van der Waals surface area contributed by atoms with Gasteiger partial charge in [-0.25, -0.2) is 0 Å². The van der Waals surface area contributed by atoms with E-state index in [0.717, 1.165) is 22.2 Å². The molecule has 0 saturated carbocycles. The summed E-state index contributed by atoms with van der Waals surface area (Å²) in [4.78, 5) is 0. The van der Waals surface area contributed by atoms with Gasteiger partial charge in [-0.05, 0) is 86.6 Å². The molecule has 2 heterocycles. The Morgan fingerprint density at radius 2 is 1.14 bits per heavy atom. The minimum atomic E-state index is 0.926. The average Bonchev–Trinajstić information content (AvgIpc) is 3.70. The number of para-hydroxylation sites is 2. The molecule has 1 aliphatic rings. The van der Waals surface area contributed by atoms with Gasteiger partial charge >= 0.3 is 0 Å². The van der Waals surface area contributed by atoms with Gasteiger partial charge in [0.15, 0.2) is 0 Å². The SMILES string of the molecule is c1cc2c3c(cccc3c1)-c1cc(-c3ccc(-n4c5ccccc5c5c6c(ccc54)oc4ccccc46)cc3)ccc1-2. The standard InChI is InChI=1S/C40H23NO/c1-3-13-34-31(9-1)39-35(21-22-37-40(39)32-10-2-4-14-36(32)42-37)41(34)27-18-15-24(16-19-27)26-17-20-28-29-11-5-7-25-8-6-12-30(38(25)29)33(28)23-26/h1-23H. The molecule has 0 bridgehead atoms. The highest BCUT2D eigenvalue weighted by molar-refractivity contribution is 6.27. The van der Waals surface area contributed by atoms with Crippen molar-refractivity contribution in [2.24, 2.45) is 0 Å². The maximum Gasteiger partial charge on any atom is 0.136 e. The van der Waals surface area contributed by atoms with Crippen molar-refractivity contribution in [3.05, 3.63) is 140 Å². The smallest absolute Gasteiger partial charge is 0.136 e. The van der Waals surface area contributed by atoms with Crippen LogP contribution in [0.15, 0.2) is 144 Å². The van der Waals surface area contributed by atoms with Crippen LogP contribution >= 0.6 is 0 Å². The Hall–Kier alpha value is -5.60. The van der Waals surface area contributed by atoms with E-state index in [9.17, 15) is 0 Å². The highest BCUT2D eigenvalue weighted by Crippen LogP contribution is 2.48. The Morgan fingerprint density at radius 1 is 0.405 bits per heavy atom. The molecule has 194 valence electrons. The third-order valence-corrected chi connectivity index (χ3v) is 9.14. The Labute approximate surface area is 241 Å². The summed E-state index contributed by atoms with van der Waals surface area (Å²) >= 11 is 0. The minimum Gasteiger partial charge on any atom is -0.456 e. The fraction of sp³-hybridized carbons (Fsp3) is 0. The van der Waals surface area contributed by atoms with Gasteiger partial charge in [-0.2, -0.15) is 0 Å². The van der Waals surface area contributed by atoms with Crippen molar-refractivity contribution < 1.29 is 4.42 Å². The number of benzene rings is 7. The predicted molar refractivity (Wildman–Crippen MR) is 175 cm³/mol. The second-order valence-electron chi connectivity index (χ2n) is 11.3. The normalized spacial score (nSPS) is 12.3. The van der Waals surface area contributed by atoms with Crippen LogP contribution in [-0.4, -0.2) is 4.57 Å². The summed E-state index contributed by atoms with van der Waals surface area (Å²) in [6.45, 7) is 0. The van der Waals surface area contributed by atoms with Gasteiger partial charge in [0, 0.05) is 27.2 Å². The molecule has 0 atom stereocenters. The Bertz CT molecular complexity index is 2560. The summed E-state index contributed by atoms with van der Waals surface area (Å²) in [5.41, 5.74) is 13.2. The van der Waals surface area contributed by atoms with E-state index < -0.39 is 0 Å². The lowest BCUT2D eigenvalue weighted by Crippen LogP contribution is -1.93. The van der Waals surface area contributed by atoms with Gasteiger partial charge in [-0.1, -0.05) is 97.1 Å². The summed E-state index contributed by atoms with van der Waals surface area (Å²) in [5.74, 6) is 0. The summed E-state index contributed by atoms with van der Waals surface area (Å²) in [5, 5.41) is 7.49. The lowest BCUT2D eigenvalue weighted by atomic mass is 9.97. The van der Waals surface area contributed by atoms with E-state index in [1.807, 2.05) is 6.07 Å². The lowest BCUT2D eigenvalue weighted by molar-refractivity contribution is 0.669. The summed E-state index contributed by atoms with van der Waals surface area (Å²) in [7, 11) is 0. The molecule has 2 heteroatoms. The summed E-state index contributed by atoms with van der Waals surface area (Å²) in [6.07, 6.45) is 0. The van der Waals surface area contributed by atoms with E-state index in [0.29, 0.717) is 0 Å². The summed E-state index contributed by atoms with van der Waals surface area (Å²) in [6, 6.07) is 50.6. The van der Waals surface area contributed by atoms with E-state index in [1.165, 1.54) is 71.3 Å². The first-order valence-electron chi connectivity index (χ1n) is 14.4. The van der Waals surface area contributed by atoms with Crippen molar-refractivity contribution in [2.75, 3.05) is 0 Å². The van der Waals surface area contributed by atoms with Gasteiger partial charge in [0.1, 0.15) is 11.2 Å². The van der Waals surface area contributed by atoms with Crippen molar-refractivity contribution >= 4 is 54.5 Å². The Morgan fingerprint density at radius 3 is 2.00 bits per heavy atom. The molecule has 0 aliphatic heterocycles. The van der Waals surface area contributed by atoms with Crippen molar-refractivity contribution in [1.29, 1.82) is 0 Å². The van der Waals surface area contributed by atoms with Gasteiger partial charge in [-0.15, -0.1) is 0 Å². The predicted octanol–water partition coefficient (Wildman–Crippen LogP) is 11.2. The molecule has 0 amide bonds. The fourth-order valence-electron chi connectivity index (χ4n) is 7.33. The van der Waals surface area contributed by atoms with Gasteiger partial charge in [0.2, 0.25) is 0 Å². The Kier molecular flexibility index (Phi) is 4.21. The lowest BCUT2D eigenvalue weighted by Gasteiger charge is -2.11. The zero-order chi connectivity index (χ0) is 27.4. The van der Waals surface area contributed by atoms with Gasteiger partial charge in [-0.3, -0.25) is 0 Å². The number of furan rings is 1. The van der Waals surface area contributed by atoms with Crippen LogP contribution in [0.3, 0.4) is 0 Å². The number of aromatic nitrogens is 1. The van der Waals surface area contributed by atoms with Crippen LogP contribution < -0.4 is 0 Å². The fourth-order valence-corrected chi connectivity index (χ4v) is 7.33. The zero-order valence-corrected chi connectivity index (χ0v) is 22.6. The molecule has 0 spiro atoms. The molecular weight excluding hydrogens is 510 g/mol. The van der Waals surface area contributed by atoms with Crippen LogP contribution in [0.25, 0.3) is 93.6 Å². The second kappa shape index (κ2) is 7.99. The molecule has 0 unspecified atom stereocenters. The molecule has 7 aromatic carbocycles. The molecule has 0 radical (unpaired) electrons. The molecule has 0 saturated heterocycles. The first-order chi connectivity index (χ1) is 20.8. The van der Waals surface area contributed by atoms with E-state index in [2.05, 4.69) is 138 Å². The first kappa shape index (κ1) is 22.1. The van der Waals surface area contributed by atoms with E-state index in [-0.39, 0.29) is 0 Å². The highest BCUT2D eigenvalue weighted by atomic mass is 16.3. The van der Waals surface area contributed by atoms with Crippen LogP contribution in [0.4, 0.5) is 0 Å². The van der Waals surface area contributed by atoms with Crippen LogP contribution in [0.5, 0.6) is 0 Å². The molecular formula is C40H23NO. The third-order valence-electron chi connectivity index (χ3n) is 9.14. The van der Waals surface area contributed by atoms with Crippen molar-refractivity contribution in [2.45, 2.75) is 0 Å². The zero-order valence-electron chi connectivity index (χ0n) is 22.6. The minimum absolute atomic E-state index is 0.926. The van der Waals surface area contributed by atoms with Crippen LogP contribution in [0.2, 0.25) is 0 Å². The largest absolute Gasteiger partial charge is 0.456 e. The van der Waals surface area contributed by atoms with Crippen LogP contribution in [0, 0.1) is 0 Å². The molecule has 0 N–H and O–H groups in total. The molecule has 42 heavy (non-hydrogen) atoms. The summed E-state index contributed by atoms with van der Waals surface area (Å²) < 4.78 is 8.63. The average molecular weight is 534 g/mol. The van der Waals surface area contributed by atoms with Crippen LogP contribution in [0.1, 0.15) is 0 Å². The maximum absolute atomic E-state index is 6.25. The van der Waals surface area contributed by atoms with E-state index in [4.69, 9.17) is 4.42 Å². The number of nitrogens with zero attached hydrogens (tertiary/aromatic N) is 1. The number of hydrogen-bond acceptors (Lipinski definition) is 1. The van der Waals surface area contributed by atoms with Crippen molar-refractivity contribution in [3.8, 4) is 39.1 Å². The molecule has 2 aromatic heterocycles. The van der Waals surface area contributed by atoms with Gasteiger partial charge in [0.05, 0.1) is 11.0 Å². The molecule has 9 aromatic rings. The molecule has 0 fully saturated rings. The van der Waals surface area contributed by atoms with E-state index >= 15 is 0 Å². The van der Waals surface area contributed by atoms with Crippen molar-refractivity contribution in [3.63, 3.8) is 0 Å². The van der Waals surface area contributed by atoms with E-state index in [1.54, 1.807) is 0 Å². The molecule has 10 rings (SSSR count). The van der Waals surface area contributed by atoms with Crippen molar-refractivity contribution in [1.82, 2.24) is 4.57 Å². The molecule has 1 aliphatic carbocycles. The topological polar surface area (TPSA) is 18.1 Å². The van der Waals surface area contributed by atoms with Gasteiger partial charge in [0.25, 0.3) is 0 Å². The quantitative estimate of drug-likeness (QED) is 0.216. The monoisotopic (exact) mass is 533 g/mol. The first-order valence-corrected chi connectivity index (χ1v) is 14.4. The highest BCUT2D eigenvalue weighted by Gasteiger charge is 2.22. The number of hydrogen-bond donors (Lipinski definition) is 0. The van der Waals surface area contributed by atoms with Crippen LogP contribution in [-0.2, 0) is 0 Å².